The second-order valence-electron chi connectivity index (χ2n) is 5.61. The summed E-state index contributed by atoms with van der Waals surface area (Å²) in [4.78, 5) is 6.51. The second-order valence-corrected chi connectivity index (χ2v) is 5.61. The van der Waals surface area contributed by atoms with Crippen LogP contribution in [0.4, 0.5) is 0 Å². The molecule has 23 heavy (non-hydrogen) atoms. The summed E-state index contributed by atoms with van der Waals surface area (Å²) >= 11 is 0. The third-order valence-electron chi connectivity index (χ3n) is 3.86. The topological polar surface area (TPSA) is 79.1 Å². The first-order chi connectivity index (χ1) is 11.3. The largest absolute Gasteiger partial charge is 0.374 e. The predicted octanol–water partition coefficient (Wildman–Crippen LogP) is -0.275. The minimum absolute atomic E-state index is 0.182. The van der Waals surface area contributed by atoms with E-state index in [1.807, 2.05) is 28.8 Å². The van der Waals surface area contributed by atoms with Gasteiger partial charge in [0, 0.05) is 32.9 Å². The van der Waals surface area contributed by atoms with E-state index in [-0.39, 0.29) is 6.10 Å². The molecule has 3 heterocycles. The van der Waals surface area contributed by atoms with Crippen molar-refractivity contribution in [2.45, 2.75) is 12.6 Å². The van der Waals surface area contributed by atoms with E-state index in [1.54, 1.807) is 7.05 Å². The summed E-state index contributed by atoms with van der Waals surface area (Å²) in [5, 5.41) is 14.9. The van der Waals surface area contributed by atoms with E-state index in [2.05, 4.69) is 37.8 Å². The molecule has 0 radical (unpaired) electrons. The molecular formula is C15H23N7O. The predicted molar refractivity (Wildman–Crippen MR) is 88.4 cm³/mol. The quantitative estimate of drug-likeness (QED) is 0.597. The Morgan fingerprint density at radius 1 is 1.39 bits per heavy atom. The third-order valence-corrected chi connectivity index (χ3v) is 3.86. The fraction of sp³-hybridized carbons (Fsp3) is 0.533. The van der Waals surface area contributed by atoms with Crippen molar-refractivity contribution in [3.05, 3.63) is 30.2 Å². The standard InChI is InChI=1S/C15H23N7O/c1-16-15(17-9-12-11-21(2)7-8-23-12)18-10-14-20-19-13-5-3-4-6-22(13)14/h3-6,12H,7-11H2,1-2H3,(H2,16,17,18). The van der Waals surface area contributed by atoms with Crippen LogP contribution in [0, 0.1) is 0 Å². The van der Waals surface area contributed by atoms with E-state index in [1.165, 1.54) is 0 Å². The van der Waals surface area contributed by atoms with Crippen molar-refractivity contribution in [3.8, 4) is 0 Å². The molecule has 2 aromatic heterocycles. The zero-order valence-corrected chi connectivity index (χ0v) is 13.6. The first-order valence-corrected chi connectivity index (χ1v) is 7.79. The fourth-order valence-corrected chi connectivity index (χ4v) is 2.60. The van der Waals surface area contributed by atoms with Crippen molar-refractivity contribution in [1.82, 2.24) is 30.1 Å². The van der Waals surface area contributed by atoms with Crippen molar-refractivity contribution >= 4 is 11.6 Å². The number of fused-ring (bicyclic) bond motifs is 1. The third kappa shape index (κ3) is 3.96. The number of guanidine groups is 1. The van der Waals surface area contributed by atoms with E-state index in [4.69, 9.17) is 4.74 Å². The number of aliphatic imine (C=N–C) groups is 1. The van der Waals surface area contributed by atoms with Gasteiger partial charge in [-0.05, 0) is 19.2 Å². The molecule has 1 fully saturated rings. The Hall–Kier alpha value is -2.19. The SMILES string of the molecule is CN=C(NCc1nnc2ccccn12)NCC1CN(C)CCO1. The highest BCUT2D eigenvalue weighted by atomic mass is 16.5. The molecule has 124 valence electrons. The number of hydrogen-bond donors (Lipinski definition) is 2. The molecule has 3 rings (SSSR count). The van der Waals surface area contributed by atoms with Crippen molar-refractivity contribution in [1.29, 1.82) is 0 Å². The molecule has 0 aliphatic carbocycles. The fourth-order valence-electron chi connectivity index (χ4n) is 2.60. The minimum Gasteiger partial charge on any atom is -0.374 e. The lowest BCUT2D eigenvalue weighted by Crippen LogP contribution is -2.48. The zero-order chi connectivity index (χ0) is 16.1. The van der Waals surface area contributed by atoms with E-state index in [0.29, 0.717) is 6.54 Å². The van der Waals surface area contributed by atoms with E-state index < -0.39 is 0 Å². The van der Waals surface area contributed by atoms with Gasteiger partial charge in [0.05, 0.1) is 19.3 Å². The molecule has 0 saturated carbocycles. The zero-order valence-electron chi connectivity index (χ0n) is 13.6. The van der Waals surface area contributed by atoms with Crippen LogP contribution >= 0.6 is 0 Å². The molecule has 1 atom stereocenters. The summed E-state index contributed by atoms with van der Waals surface area (Å²) in [6, 6.07) is 5.84. The van der Waals surface area contributed by atoms with E-state index >= 15 is 0 Å². The number of pyridine rings is 1. The highest BCUT2D eigenvalue weighted by molar-refractivity contribution is 5.79. The number of rotatable bonds is 4. The molecule has 0 bridgehead atoms. The average molecular weight is 317 g/mol. The Morgan fingerprint density at radius 2 is 2.30 bits per heavy atom. The lowest BCUT2D eigenvalue weighted by atomic mass is 10.3. The Bertz CT molecular complexity index is 669. The summed E-state index contributed by atoms with van der Waals surface area (Å²) in [5.74, 6) is 1.58. The molecule has 2 N–H and O–H groups in total. The molecule has 1 unspecified atom stereocenters. The van der Waals surface area contributed by atoms with E-state index in [9.17, 15) is 0 Å². The van der Waals surface area contributed by atoms with Gasteiger partial charge in [0.15, 0.2) is 17.4 Å². The van der Waals surface area contributed by atoms with E-state index in [0.717, 1.165) is 43.7 Å². The number of aromatic nitrogens is 3. The van der Waals surface area contributed by atoms with Crippen LogP contribution in [0.25, 0.3) is 5.65 Å². The summed E-state index contributed by atoms with van der Waals surface area (Å²) in [6.07, 6.45) is 2.13. The van der Waals surface area contributed by atoms with Gasteiger partial charge < -0.3 is 20.3 Å². The lowest BCUT2D eigenvalue weighted by Gasteiger charge is -2.30. The maximum Gasteiger partial charge on any atom is 0.191 e. The molecular weight excluding hydrogens is 294 g/mol. The van der Waals surface area contributed by atoms with Crippen LogP contribution < -0.4 is 10.6 Å². The molecule has 0 aromatic carbocycles. The highest BCUT2D eigenvalue weighted by Crippen LogP contribution is 2.03. The van der Waals surface area contributed by atoms with Crippen molar-refractivity contribution in [3.63, 3.8) is 0 Å². The van der Waals surface area contributed by atoms with Crippen LogP contribution in [0.1, 0.15) is 5.82 Å². The van der Waals surface area contributed by atoms with Crippen molar-refractivity contribution < 1.29 is 4.74 Å². The second kappa shape index (κ2) is 7.38. The number of likely N-dealkylation sites (N-methyl/N-ethyl adjacent to an activating group) is 1. The molecule has 0 spiro atoms. The number of nitrogens with zero attached hydrogens (tertiary/aromatic N) is 5. The lowest BCUT2D eigenvalue weighted by molar-refractivity contribution is -0.0161. The van der Waals surface area contributed by atoms with Crippen molar-refractivity contribution in [2.75, 3.05) is 40.3 Å². The molecule has 1 aliphatic rings. The minimum atomic E-state index is 0.182. The molecule has 8 nitrogen and oxygen atoms in total. The Balaban J connectivity index is 1.51. The molecule has 1 saturated heterocycles. The van der Waals surface area contributed by atoms with Gasteiger partial charge in [0.1, 0.15) is 0 Å². The normalized spacial score (nSPS) is 19.9. The van der Waals surface area contributed by atoms with Crippen LogP contribution in [0.2, 0.25) is 0 Å². The summed E-state index contributed by atoms with van der Waals surface area (Å²) in [6.45, 7) is 3.98. The first-order valence-electron chi connectivity index (χ1n) is 7.79. The van der Waals surface area contributed by atoms with Gasteiger partial charge in [-0.15, -0.1) is 10.2 Å². The maximum atomic E-state index is 5.74. The van der Waals surface area contributed by atoms with Crippen molar-refractivity contribution in [2.24, 2.45) is 4.99 Å². The van der Waals surface area contributed by atoms with Gasteiger partial charge >= 0.3 is 0 Å². The van der Waals surface area contributed by atoms with Crippen LogP contribution in [0.5, 0.6) is 0 Å². The van der Waals surface area contributed by atoms with Gasteiger partial charge in [-0.3, -0.25) is 9.39 Å². The number of ether oxygens (including phenoxy) is 1. The highest BCUT2D eigenvalue weighted by Gasteiger charge is 2.17. The van der Waals surface area contributed by atoms with Gasteiger partial charge in [0.25, 0.3) is 0 Å². The van der Waals surface area contributed by atoms with Gasteiger partial charge in [-0.25, -0.2) is 0 Å². The Kier molecular flexibility index (Phi) is 5.04. The number of hydrogen-bond acceptors (Lipinski definition) is 5. The molecule has 2 aromatic rings. The van der Waals surface area contributed by atoms with Crippen LogP contribution in [-0.4, -0.2) is 71.9 Å². The Labute approximate surface area is 135 Å². The van der Waals surface area contributed by atoms with Crippen LogP contribution in [0.3, 0.4) is 0 Å². The summed E-state index contributed by atoms with van der Waals surface area (Å²) in [5.41, 5.74) is 0.839. The molecule has 0 amide bonds. The smallest absolute Gasteiger partial charge is 0.191 e. The van der Waals surface area contributed by atoms with Crippen LogP contribution in [-0.2, 0) is 11.3 Å². The van der Waals surface area contributed by atoms with Gasteiger partial charge in [-0.1, -0.05) is 6.07 Å². The molecule has 8 heteroatoms. The summed E-state index contributed by atoms with van der Waals surface area (Å²) < 4.78 is 7.70. The average Bonchev–Trinajstić information content (AvgIpc) is 2.98. The molecule has 1 aliphatic heterocycles. The van der Waals surface area contributed by atoms with Crippen LogP contribution in [0.15, 0.2) is 29.4 Å². The maximum absolute atomic E-state index is 5.74. The van der Waals surface area contributed by atoms with Gasteiger partial charge in [-0.2, -0.15) is 0 Å². The number of nitrogens with one attached hydrogen (secondary N) is 2. The monoisotopic (exact) mass is 317 g/mol. The Morgan fingerprint density at radius 3 is 3.13 bits per heavy atom. The number of morpholine rings is 1. The summed E-state index contributed by atoms with van der Waals surface area (Å²) in [7, 11) is 3.87. The first kappa shape index (κ1) is 15.7. The van der Waals surface area contributed by atoms with Gasteiger partial charge in [0.2, 0.25) is 0 Å².